The number of likely N-dealkylation sites (tertiary alicyclic amines) is 1. The van der Waals surface area contributed by atoms with Gasteiger partial charge in [0.05, 0.1) is 0 Å². The van der Waals surface area contributed by atoms with Gasteiger partial charge in [-0.1, -0.05) is 0 Å². The van der Waals surface area contributed by atoms with Crippen LogP contribution in [0.3, 0.4) is 0 Å². The van der Waals surface area contributed by atoms with Crippen molar-refractivity contribution in [3.8, 4) is 0 Å². The largest absolute Gasteiger partial charge is 0.336 e. The number of carbonyl (C=O) groups excluding carboxylic acids is 1. The number of aromatic nitrogens is 4. The van der Waals surface area contributed by atoms with E-state index >= 15 is 0 Å². The quantitative estimate of drug-likeness (QED) is 0.873. The van der Waals surface area contributed by atoms with Gasteiger partial charge in [-0.15, -0.1) is 0 Å². The zero-order chi connectivity index (χ0) is 16.0. The third kappa shape index (κ3) is 2.56. The maximum Gasteiger partial charge on any atom is 0.289 e. The molecule has 1 saturated carbocycles. The molecule has 2 fully saturated rings. The summed E-state index contributed by atoms with van der Waals surface area (Å²) in [4.78, 5) is 23.3. The molecule has 0 bridgehead atoms. The molecule has 1 aliphatic carbocycles. The summed E-state index contributed by atoms with van der Waals surface area (Å²) in [5.74, 6) is 2.49. The van der Waals surface area contributed by atoms with Crippen molar-refractivity contribution in [2.45, 2.75) is 44.6 Å². The standard InChI is InChI=1S/C17H23N5O/c1-12-11-19-15(13-3-4-13)22(12)14-5-8-21(9-6-14)17(23)16-18-7-10-20(16)2/h7,10-11,13-14H,3-6,8-9H2,1-2H3. The maximum absolute atomic E-state index is 12.6. The van der Waals surface area contributed by atoms with Crippen molar-refractivity contribution in [1.29, 1.82) is 0 Å². The Bertz CT molecular complexity index is 719. The van der Waals surface area contributed by atoms with E-state index < -0.39 is 0 Å². The lowest BCUT2D eigenvalue weighted by molar-refractivity contribution is 0.0677. The predicted octanol–water partition coefficient (Wildman–Crippen LogP) is 2.28. The van der Waals surface area contributed by atoms with E-state index in [-0.39, 0.29) is 5.91 Å². The van der Waals surface area contributed by atoms with E-state index in [4.69, 9.17) is 0 Å². The molecule has 0 aromatic carbocycles. The van der Waals surface area contributed by atoms with Gasteiger partial charge in [0.25, 0.3) is 5.91 Å². The number of carbonyl (C=O) groups is 1. The number of imidazole rings is 2. The molecule has 1 amide bonds. The van der Waals surface area contributed by atoms with E-state index in [0.29, 0.717) is 17.8 Å². The average molecular weight is 313 g/mol. The van der Waals surface area contributed by atoms with Crippen LogP contribution in [0.2, 0.25) is 0 Å². The summed E-state index contributed by atoms with van der Waals surface area (Å²) in [6.07, 6.45) is 10.0. The number of hydrogen-bond donors (Lipinski definition) is 0. The number of nitrogens with zero attached hydrogens (tertiary/aromatic N) is 5. The van der Waals surface area contributed by atoms with Crippen molar-refractivity contribution in [3.63, 3.8) is 0 Å². The summed E-state index contributed by atoms with van der Waals surface area (Å²) < 4.78 is 4.22. The van der Waals surface area contributed by atoms with Crippen LogP contribution in [0.5, 0.6) is 0 Å². The first kappa shape index (κ1) is 14.5. The zero-order valence-electron chi connectivity index (χ0n) is 13.8. The van der Waals surface area contributed by atoms with Gasteiger partial charge < -0.3 is 14.0 Å². The highest BCUT2D eigenvalue weighted by molar-refractivity contribution is 5.90. The number of amides is 1. The van der Waals surface area contributed by atoms with Crippen LogP contribution < -0.4 is 0 Å². The normalized spacial score (nSPS) is 19.3. The van der Waals surface area contributed by atoms with Crippen molar-refractivity contribution < 1.29 is 4.79 Å². The zero-order valence-corrected chi connectivity index (χ0v) is 13.8. The fourth-order valence-electron chi connectivity index (χ4n) is 3.62. The van der Waals surface area contributed by atoms with Crippen LogP contribution in [-0.4, -0.2) is 43.0 Å². The molecule has 4 rings (SSSR count). The van der Waals surface area contributed by atoms with E-state index in [1.54, 1.807) is 10.8 Å². The molecule has 0 unspecified atom stereocenters. The average Bonchev–Trinajstić information content (AvgIpc) is 3.21. The molecule has 6 heteroatoms. The minimum Gasteiger partial charge on any atom is -0.336 e. The van der Waals surface area contributed by atoms with Gasteiger partial charge in [-0.05, 0) is 32.6 Å². The fraction of sp³-hybridized carbons (Fsp3) is 0.588. The van der Waals surface area contributed by atoms with Crippen LogP contribution in [0, 0.1) is 6.92 Å². The van der Waals surface area contributed by atoms with E-state index in [1.165, 1.54) is 24.4 Å². The monoisotopic (exact) mass is 313 g/mol. The third-order valence-electron chi connectivity index (χ3n) is 5.08. The third-order valence-corrected chi connectivity index (χ3v) is 5.08. The number of rotatable bonds is 3. The Morgan fingerprint density at radius 1 is 1.17 bits per heavy atom. The van der Waals surface area contributed by atoms with Gasteiger partial charge in [-0.3, -0.25) is 4.79 Å². The highest BCUT2D eigenvalue weighted by Crippen LogP contribution is 2.41. The van der Waals surface area contributed by atoms with Crippen LogP contribution in [-0.2, 0) is 7.05 Å². The number of hydrogen-bond acceptors (Lipinski definition) is 3. The molecule has 0 radical (unpaired) electrons. The number of piperidine rings is 1. The van der Waals surface area contributed by atoms with Crippen LogP contribution in [0.4, 0.5) is 0 Å². The second-order valence-electron chi connectivity index (χ2n) is 6.79. The Balaban J connectivity index is 1.46. The second-order valence-corrected chi connectivity index (χ2v) is 6.79. The Morgan fingerprint density at radius 2 is 1.91 bits per heavy atom. The van der Waals surface area contributed by atoms with E-state index in [1.807, 2.05) is 24.3 Å². The summed E-state index contributed by atoms with van der Waals surface area (Å²) in [5.41, 5.74) is 1.25. The first-order chi connectivity index (χ1) is 11.1. The van der Waals surface area contributed by atoms with Gasteiger partial charge in [0.1, 0.15) is 5.82 Å². The second kappa shape index (κ2) is 5.51. The molecular weight excluding hydrogens is 290 g/mol. The van der Waals surface area contributed by atoms with Gasteiger partial charge >= 0.3 is 0 Å². The summed E-state index contributed by atoms with van der Waals surface area (Å²) in [7, 11) is 1.86. The summed E-state index contributed by atoms with van der Waals surface area (Å²) in [6, 6.07) is 0.471. The van der Waals surface area contributed by atoms with Gasteiger partial charge in [0, 0.05) is 56.4 Å². The Kier molecular flexibility index (Phi) is 3.47. The highest BCUT2D eigenvalue weighted by atomic mass is 16.2. The van der Waals surface area contributed by atoms with Gasteiger partial charge in [-0.2, -0.15) is 0 Å². The Labute approximate surface area is 136 Å². The molecule has 1 saturated heterocycles. The van der Waals surface area contributed by atoms with E-state index in [0.717, 1.165) is 25.9 Å². The highest BCUT2D eigenvalue weighted by Gasteiger charge is 2.33. The molecule has 2 aromatic heterocycles. The van der Waals surface area contributed by atoms with Crippen LogP contribution in [0.1, 0.15) is 59.8 Å². The van der Waals surface area contributed by atoms with Gasteiger partial charge in [0.15, 0.2) is 5.82 Å². The predicted molar refractivity (Wildman–Crippen MR) is 86.3 cm³/mol. The molecule has 0 N–H and O–H groups in total. The Hall–Kier alpha value is -2.11. The van der Waals surface area contributed by atoms with Crippen molar-refractivity contribution in [2.75, 3.05) is 13.1 Å². The molecule has 0 spiro atoms. The van der Waals surface area contributed by atoms with Crippen LogP contribution >= 0.6 is 0 Å². The van der Waals surface area contributed by atoms with Crippen LogP contribution in [0.25, 0.3) is 0 Å². The minimum atomic E-state index is 0.0423. The topological polar surface area (TPSA) is 56.0 Å². The van der Waals surface area contributed by atoms with Crippen molar-refractivity contribution in [2.24, 2.45) is 7.05 Å². The molecule has 2 aliphatic rings. The molecule has 6 nitrogen and oxygen atoms in total. The van der Waals surface area contributed by atoms with Crippen molar-refractivity contribution in [3.05, 3.63) is 35.9 Å². The van der Waals surface area contributed by atoms with Crippen molar-refractivity contribution in [1.82, 2.24) is 24.0 Å². The lowest BCUT2D eigenvalue weighted by atomic mass is 10.0. The maximum atomic E-state index is 12.6. The molecule has 1 aliphatic heterocycles. The van der Waals surface area contributed by atoms with E-state index in [2.05, 4.69) is 21.5 Å². The first-order valence-corrected chi connectivity index (χ1v) is 8.45. The summed E-state index contributed by atoms with van der Waals surface area (Å²) in [6.45, 7) is 3.72. The molecular formula is C17H23N5O. The molecule has 2 aromatic rings. The fourth-order valence-corrected chi connectivity index (χ4v) is 3.62. The van der Waals surface area contributed by atoms with Gasteiger partial charge in [-0.25, -0.2) is 9.97 Å². The van der Waals surface area contributed by atoms with E-state index in [9.17, 15) is 4.79 Å². The van der Waals surface area contributed by atoms with Gasteiger partial charge in [0.2, 0.25) is 0 Å². The lowest BCUT2D eigenvalue weighted by Crippen LogP contribution is -2.40. The smallest absolute Gasteiger partial charge is 0.289 e. The van der Waals surface area contributed by atoms with Crippen molar-refractivity contribution >= 4 is 5.91 Å². The number of aryl methyl sites for hydroxylation is 2. The van der Waals surface area contributed by atoms with Crippen LogP contribution in [0.15, 0.2) is 18.6 Å². The summed E-state index contributed by atoms with van der Waals surface area (Å²) >= 11 is 0. The lowest BCUT2D eigenvalue weighted by Gasteiger charge is -2.33. The summed E-state index contributed by atoms with van der Waals surface area (Å²) in [5, 5.41) is 0. The first-order valence-electron chi connectivity index (χ1n) is 8.45. The Morgan fingerprint density at radius 3 is 2.52 bits per heavy atom. The SMILES string of the molecule is Cc1cnc(C2CC2)n1C1CCN(C(=O)c2nccn2C)CC1. The minimum absolute atomic E-state index is 0.0423. The molecule has 0 atom stereocenters. The molecule has 122 valence electrons. The molecule has 23 heavy (non-hydrogen) atoms. The molecule has 3 heterocycles.